The average molecular weight is 336 g/mol. The molecule has 0 bridgehead atoms. The number of nitrogens with zero attached hydrogens (tertiary/aromatic N) is 1. The lowest BCUT2D eigenvalue weighted by molar-refractivity contribution is -0.384. The van der Waals surface area contributed by atoms with E-state index in [4.69, 9.17) is 0 Å². The lowest BCUT2D eigenvalue weighted by Crippen LogP contribution is -2.41. The first-order chi connectivity index (χ1) is 11.4. The number of hydrogen-bond acceptors (Lipinski definition) is 7. The molecule has 1 rings (SSSR count). The van der Waals surface area contributed by atoms with Gasteiger partial charge in [0.1, 0.15) is 6.04 Å². The maximum absolute atomic E-state index is 12.1. The highest BCUT2D eigenvalue weighted by Crippen LogP contribution is 2.13. The number of ether oxygens (including phenoxy) is 2. The van der Waals surface area contributed by atoms with Gasteiger partial charge in [-0.25, -0.2) is 9.59 Å². The van der Waals surface area contributed by atoms with Crippen molar-refractivity contribution in [1.82, 2.24) is 5.32 Å². The van der Waals surface area contributed by atoms with Crippen LogP contribution in [0.5, 0.6) is 0 Å². The van der Waals surface area contributed by atoms with Crippen LogP contribution in [0.15, 0.2) is 36.4 Å². The predicted molar refractivity (Wildman–Crippen MR) is 82.1 cm³/mol. The largest absolute Gasteiger partial charge is 0.467 e. The smallest absolute Gasteiger partial charge is 0.330 e. The van der Waals surface area contributed by atoms with Gasteiger partial charge in [-0.2, -0.15) is 0 Å². The lowest BCUT2D eigenvalue weighted by atomic mass is 10.1. The number of nitrogens with one attached hydrogen (secondary N) is 1. The van der Waals surface area contributed by atoms with Crippen molar-refractivity contribution in [1.29, 1.82) is 0 Å². The molecule has 0 aliphatic carbocycles. The topological polar surface area (TPSA) is 125 Å². The minimum absolute atomic E-state index is 0.0115. The van der Waals surface area contributed by atoms with Crippen LogP contribution in [0.25, 0.3) is 0 Å². The van der Waals surface area contributed by atoms with E-state index in [0.717, 1.165) is 19.3 Å². The summed E-state index contributed by atoms with van der Waals surface area (Å²) >= 11 is 0. The molecule has 128 valence electrons. The Morgan fingerprint density at radius 1 is 1.29 bits per heavy atom. The standard InChI is InChI=1S/C15H16N2O7/c1-23-13(18)8-4-7-12(15(20)24-2)16-14(19)10-5-3-6-11(9-10)17(21)22/h3-6,8-9,12H,7H2,1-2H3,(H,16,19)/b8-4+/t12-/m0/s1. The summed E-state index contributed by atoms with van der Waals surface area (Å²) in [6, 6.07) is 4.02. The molecule has 24 heavy (non-hydrogen) atoms. The number of benzene rings is 1. The molecule has 0 fully saturated rings. The van der Waals surface area contributed by atoms with Crippen LogP contribution in [0.1, 0.15) is 16.8 Å². The van der Waals surface area contributed by atoms with E-state index in [-0.39, 0.29) is 17.7 Å². The SMILES string of the molecule is COC(=O)/C=C/C[C@H](NC(=O)c1cccc([N+](=O)[O-])c1)C(=O)OC. The quantitative estimate of drug-likeness (QED) is 0.340. The summed E-state index contributed by atoms with van der Waals surface area (Å²) in [5.74, 6) is -2.01. The highest BCUT2D eigenvalue weighted by molar-refractivity contribution is 5.97. The number of rotatable bonds is 7. The van der Waals surface area contributed by atoms with Crippen molar-refractivity contribution in [2.75, 3.05) is 14.2 Å². The molecule has 9 heteroatoms. The number of esters is 2. The second-order valence-electron chi connectivity index (χ2n) is 4.52. The van der Waals surface area contributed by atoms with Crippen molar-refractivity contribution >= 4 is 23.5 Å². The zero-order valence-corrected chi connectivity index (χ0v) is 13.1. The Labute approximate surface area is 137 Å². The van der Waals surface area contributed by atoms with Gasteiger partial charge in [0.05, 0.1) is 19.1 Å². The molecule has 1 aromatic carbocycles. The van der Waals surface area contributed by atoms with Crippen molar-refractivity contribution in [3.05, 3.63) is 52.1 Å². The molecule has 1 atom stereocenters. The van der Waals surface area contributed by atoms with Crippen molar-refractivity contribution in [3.8, 4) is 0 Å². The van der Waals surface area contributed by atoms with Crippen molar-refractivity contribution in [2.45, 2.75) is 12.5 Å². The fourth-order valence-electron chi connectivity index (χ4n) is 1.73. The van der Waals surface area contributed by atoms with Crippen LogP contribution in [0.4, 0.5) is 5.69 Å². The monoisotopic (exact) mass is 336 g/mol. The number of carbonyl (C=O) groups excluding carboxylic acids is 3. The second-order valence-corrected chi connectivity index (χ2v) is 4.52. The number of nitro benzene ring substituents is 1. The summed E-state index contributed by atoms with van der Waals surface area (Å²) in [6.07, 6.45) is 2.44. The molecule has 1 amide bonds. The van der Waals surface area contributed by atoms with E-state index in [0.29, 0.717) is 0 Å². The van der Waals surface area contributed by atoms with E-state index in [2.05, 4.69) is 14.8 Å². The molecule has 0 aliphatic rings. The average Bonchev–Trinajstić information content (AvgIpc) is 2.59. The molecular formula is C15H16N2O7. The van der Waals surface area contributed by atoms with Crippen LogP contribution in [0, 0.1) is 10.1 Å². The van der Waals surface area contributed by atoms with E-state index >= 15 is 0 Å². The molecule has 0 unspecified atom stereocenters. The van der Waals surface area contributed by atoms with Crippen LogP contribution < -0.4 is 5.32 Å². The molecule has 9 nitrogen and oxygen atoms in total. The molecule has 0 heterocycles. The van der Waals surface area contributed by atoms with Crippen LogP contribution in [-0.2, 0) is 19.1 Å². The Kier molecular flexibility index (Phi) is 7.08. The number of amides is 1. The highest BCUT2D eigenvalue weighted by atomic mass is 16.6. The summed E-state index contributed by atoms with van der Waals surface area (Å²) in [5, 5.41) is 13.1. The molecule has 0 saturated heterocycles. The lowest BCUT2D eigenvalue weighted by Gasteiger charge is -2.14. The summed E-state index contributed by atoms with van der Waals surface area (Å²) in [4.78, 5) is 45.0. The van der Waals surface area contributed by atoms with E-state index in [1.807, 2.05) is 0 Å². The molecule has 0 aromatic heterocycles. The maximum Gasteiger partial charge on any atom is 0.330 e. The first-order valence-corrected chi connectivity index (χ1v) is 6.76. The van der Waals surface area contributed by atoms with E-state index in [1.54, 1.807) is 0 Å². The summed E-state index contributed by atoms with van der Waals surface area (Å²) in [7, 11) is 2.35. The van der Waals surface area contributed by atoms with Gasteiger partial charge < -0.3 is 14.8 Å². The Morgan fingerprint density at radius 3 is 2.58 bits per heavy atom. The second kappa shape index (κ2) is 9.03. The summed E-state index contributed by atoms with van der Waals surface area (Å²) < 4.78 is 8.99. The zero-order valence-electron chi connectivity index (χ0n) is 13.1. The fraction of sp³-hybridized carbons (Fsp3) is 0.267. The van der Waals surface area contributed by atoms with Crippen LogP contribution in [-0.4, -0.2) is 43.0 Å². The molecule has 0 spiro atoms. The number of methoxy groups -OCH3 is 2. The minimum Gasteiger partial charge on any atom is -0.467 e. The third kappa shape index (κ3) is 5.52. The van der Waals surface area contributed by atoms with Gasteiger partial charge in [0, 0.05) is 23.8 Å². The van der Waals surface area contributed by atoms with E-state index in [9.17, 15) is 24.5 Å². The molecule has 0 radical (unpaired) electrons. The molecule has 1 aromatic rings. The van der Waals surface area contributed by atoms with Gasteiger partial charge in [0.2, 0.25) is 0 Å². The van der Waals surface area contributed by atoms with Gasteiger partial charge in [-0.15, -0.1) is 0 Å². The third-order valence-electron chi connectivity index (χ3n) is 2.94. The van der Waals surface area contributed by atoms with Gasteiger partial charge in [0.25, 0.3) is 11.6 Å². The molecule has 0 saturated carbocycles. The summed E-state index contributed by atoms with van der Waals surface area (Å²) in [5.41, 5.74) is -0.224. The molecule has 1 N–H and O–H groups in total. The van der Waals surface area contributed by atoms with Crippen LogP contribution in [0.2, 0.25) is 0 Å². The first-order valence-electron chi connectivity index (χ1n) is 6.76. The van der Waals surface area contributed by atoms with Gasteiger partial charge in [-0.3, -0.25) is 14.9 Å². The van der Waals surface area contributed by atoms with E-state index < -0.39 is 28.8 Å². The summed E-state index contributed by atoms with van der Waals surface area (Å²) in [6.45, 7) is 0. The van der Waals surface area contributed by atoms with Crippen molar-refractivity contribution < 1.29 is 28.8 Å². The highest BCUT2D eigenvalue weighted by Gasteiger charge is 2.22. The van der Waals surface area contributed by atoms with Crippen molar-refractivity contribution in [2.24, 2.45) is 0 Å². The Bertz CT molecular complexity index is 670. The Balaban J connectivity index is 2.86. The van der Waals surface area contributed by atoms with E-state index in [1.165, 1.54) is 31.4 Å². The Morgan fingerprint density at radius 2 is 2.00 bits per heavy atom. The third-order valence-corrected chi connectivity index (χ3v) is 2.94. The van der Waals surface area contributed by atoms with Gasteiger partial charge >= 0.3 is 11.9 Å². The van der Waals surface area contributed by atoms with Crippen molar-refractivity contribution in [3.63, 3.8) is 0 Å². The number of hydrogen-bond donors (Lipinski definition) is 1. The Hall–Kier alpha value is -3.23. The van der Waals surface area contributed by atoms with Gasteiger partial charge in [0.15, 0.2) is 0 Å². The maximum atomic E-state index is 12.1. The van der Waals surface area contributed by atoms with Gasteiger partial charge in [-0.1, -0.05) is 12.1 Å². The predicted octanol–water partition coefficient (Wildman–Crippen LogP) is 0.985. The zero-order chi connectivity index (χ0) is 18.1. The first kappa shape index (κ1) is 18.8. The van der Waals surface area contributed by atoms with Crippen LogP contribution in [0.3, 0.4) is 0 Å². The number of carbonyl (C=O) groups is 3. The fourth-order valence-corrected chi connectivity index (χ4v) is 1.73. The normalized spacial score (nSPS) is 11.6. The van der Waals surface area contributed by atoms with Crippen LogP contribution >= 0.6 is 0 Å². The number of non-ortho nitro benzene ring substituents is 1. The molecular weight excluding hydrogens is 320 g/mol. The molecule has 0 aliphatic heterocycles. The number of nitro groups is 1. The van der Waals surface area contributed by atoms with Gasteiger partial charge in [-0.05, 0) is 12.5 Å². The minimum atomic E-state index is -1.05.